The highest BCUT2D eigenvalue weighted by Crippen LogP contribution is 2.24. The van der Waals surface area contributed by atoms with Gasteiger partial charge in [0.1, 0.15) is 18.2 Å². The lowest BCUT2D eigenvalue weighted by molar-refractivity contribution is -0.140. The number of nitrogens with two attached hydrogens (primary N) is 1. The second-order valence-corrected chi connectivity index (χ2v) is 5.76. The zero-order valence-corrected chi connectivity index (χ0v) is 15.3. The van der Waals surface area contributed by atoms with Gasteiger partial charge in [0, 0.05) is 31.6 Å². The fourth-order valence-electron chi connectivity index (χ4n) is 2.78. The highest BCUT2D eigenvalue weighted by Gasteiger charge is 2.34. The number of carbonyl (C=O) groups excluding carboxylic acids is 3. The summed E-state index contributed by atoms with van der Waals surface area (Å²) in [5, 5.41) is 7.40. The summed E-state index contributed by atoms with van der Waals surface area (Å²) >= 11 is 0. The highest BCUT2D eigenvalue weighted by molar-refractivity contribution is 5.95. The van der Waals surface area contributed by atoms with E-state index in [2.05, 4.69) is 4.74 Å². The van der Waals surface area contributed by atoms with E-state index in [1.807, 2.05) is 0 Å². The molecule has 142 valence electrons. The Bertz CT molecular complexity index is 665. The van der Waals surface area contributed by atoms with Crippen molar-refractivity contribution in [2.45, 2.75) is 18.9 Å². The van der Waals surface area contributed by atoms with E-state index in [9.17, 15) is 14.4 Å². The first kappa shape index (κ1) is 21.4. The summed E-state index contributed by atoms with van der Waals surface area (Å²) in [7, 11) is 1.33. The fourth-order valence-corrected chi connectivity index (χ4v) is 2.78. The van der Waals surface area contributed by atoms with E-state index in [1.165, 1.54) is 12.0 Å². The van der Waals surface area contributed by atoms with Crippen LogP contribution in [-0.4, -0.2) is 60.7 Å². The van der Waals surface area contributed by atoms with Crippen molar-refractivity contribution >= 4 is 36.5 Å². The van der Waals surface area contributed by atoms with E-state index in [0.717, 1.165) is 6.29 Å². The van der Waals surface area contributed by atoms with Crippen LogP contribution in [0.25, 0.3) is 0 Å². The smallest absolute Gasteiger partial charge is 0.321 e. The molecule has 2 amide bonds. The Morgan fingerprint density at radius 1 is 1.35 bits per heavy atom. The largest absolute Gasteiger partial charge is 0.469 e. The van der Waals surface area contributed by atoms with Crippen LogP contribution < -0.4 is 5.73 Å². The van der Waals surface area contributed by atoms with Crippen LogP contribution in [0.4, 0.5) is 4.79 Å². The molecule has 26 heavy (non-hydrogen) atoms. The molecule has 1 unspecified atom stereocenters. The van der Waals surface area contributed by atoms with Crippen molar-refractivity contribution in [3.63, 3.8) is 0 Å². The van der Waals surface area contributed by atoms with E-state index in [1.54, 1.807) is 29.2 Å². The molecule has 0 aliphatic carbocycles. The Labute approximate surface area is 158 Å². The van der Waals surface area contributed by atoms with Crippen LogP contribution in [0.2, 0.25) is 0 Å². The van der Waals surface area contributed by atoms with Gasteiger partial charge in [-0.2, -0.15) is 0 Å². The van der Waals surface area contributed by atoms with Crippen molar-refractivity contribution in [3.8, 4) is 0 Å². The number of methoxy groups -OCH3 is 1. The Hall–Kier alpha value is -2.61. The summed E-state index contributed by atoms with van der Waals surface area (Å²) < 4.78 is 4.58. The van der Waals surface area contributed by atoms with Crippen molar-refractivity contribution in [1.82, 2.24) is 9.80 Å². The molecule has 1 aromatic rings. The van der Waals surface area contributed by atoms with E-state index in [-0.39, 0.29) is 36.7 Å². The molecule has 0 radical (unpaired) electrons. The summed E-state index contributed by atoms with van der Waals surface area (Å²) in [4.78, 5) is 38.4. The highest BCUT2D eigenvalue weighted by atomic mass is 35.5. The minimum atomic E-state index is -0.681. The molecule has 1 aromatic carbocycles. The zero-order valence-electron chi connectivity index (χ0n) is 14.5. The van der Waals surface area contributed by atoms with Gasteiger partial charge >= 0.3 is 12.0 Å². The van der Waals surface area contributed by atoms with Crippen LogP contribution in [0.5, 0.6) is 0 Å². The minimum Gasteiger partial charge on any atom is -0.469 e. The van der Waals surface area contributed by atoms with E-state index in [4.69, 9.17) is 11.1 Å². The summed E-state index contributed by atoms with van der Waals surface area (Å²) in [6, 6.07) is 5.80. The van der Waals surface area contributed by atoms with Gasteiger partial charge < -0.3 is 25.1 Å². The van der Waals surface area contributed by atoms with Crippen molar-refractivity contribution in [1.29, 1.82) is 5.41 Å². The number of carbonyl (C=O) groups is 3. The normalized spacial score (nSPS) is 14.6. The molecular weight excluding hydrogens is 360 g/mol. The van der Waals surface area contributed by atoms with Crippen LogP contribution in [0.3, 0.4) is 0 Å². The lowest BCUT2D eigenvalue weighted by Crippen LogP contribution is -2.36. The van der Waals surface area contributed by atoms with Gasteiger partial charge in [-0.25, -0.2) is 4.79 Å². The molecule has 2 rings (SSSR count). The van der Waals surface area contributed by atoms with Gasteiger partial charge in [-0.3, -0.25) is 10.2 Å². The van der Waals surface area contributed by atoms with Gasteiger partial charge in [0.05, 0.1) is 7.11 Å². The predicted octanol–water partition coefficient (Wildman–Crippen LogP) is 1.32. The van der Waals surface area contributed by atoms with Gasteiger partial charge in [0.2, 0.25) is 0 Å². The molecule has 0 spiro atoms. The summed E-state index contributed by atoms with van der Waals surface area (Å²) in [6.07, 6.45) is 1.51. The van der Waals surface area contributed by atoms with Crippen molar-refractivity contribution in [2.24, 2.45) is 5.73 Å². The van der Waals surface area contributed by atoms with Crippen molar-refractivity contribution < 1.29 is 19.1 Å². The van der Waals surface area contributed by atoms with Crippen LogP contribution in [0.15, 0.2) is 24.3 Å². The van der Waals surface area contributed by atoms with E-state index < -0.39 is 6.04 Å². The van der Waals surface area contributed by atoms with Crippen LogP contribution in [-0.2, 0) is 14.3 Å². The number of aldehydes is 1. The first-order valence-corrected chi connectivity index (χ1v) is 8.00. The van der Waals surface area contributed by atoms with Gasteiger partial charge in [-0.05, 0) is 12.0 Å². The third-order valence-electron chi connectivity index (χ3n) is 4.19. The van der Waals surface area contributed by atoms with Crippen LogP contribution in [0, 0.1) is 5.41 Å². The molecule has 0 aromatic heterocycles. The number of nitrogen functional groups attached to an aromatic ring is 1. The number of hydrogen-bond donors (Lipinski definition) is 2. The Balaban J connectivity index is 0.00000338. The average molecular weight is 383 g/mol. The molecule has 1 fully saturated rings. The topological polar surface area (TPSA) is 117 Å². The van der Waals surface area contributed by atoms with Gasteiger partial charge in [0.15, 0.2) is 0 Å². The molecule has 0 bridgehead atoms. The maximum Gasteiger partial charge on any atom is 0.321 e. The summed E-state index contributed by atoms with van der Waals surface area (Å²) in [5.74, 6) is -0.358. The number of amidine groups is 1. The molecule has 8 nitrogen and oxygen atoms in total. The number of amides is 2. The molecular formula is C17H23ClN4O4. The lowest BCUT2D eigenvalue weighted by Gasteiger charge is -2.24. The molecule has 9 heteroatoms. The van der Waals surface area contributed by atoms with E-state index >= 15 is 0 Å². The maximum atomic E-state index is 12.5. The number of halogens is 1. The average Bonchev–Trinajstić information content (AvgIpc) is 2.97. The van der Waals surface area contributed by atoms with Gasteiger partial charge in [-0.15, -0.1) is 12.4 Å². The number of nitrogens with one attached hydrogen (secondary N) is 1. The summed E-state index contributed by atoms with van der Waals surface area (Å²) in [5.41, 5.74) is 6.65. The first-order chi connectivity index (χ1) is 12.0. The minimum absolute atomic E-state index is 0. The Kier molecular flexibility index (Phi) is 8.05. The van der Waals surface area contributed by atoms with Crippen LogP contribution in [0.1, 0.15) is 30.0 Å². The second-order valence-electron chi connectivity index (χ2n) is 5.76. The van der Waals surface area contributed by atoms with Crippen LogP contribution >= 0.6 is 12.4 Å². The molecule has 0 saturated carbocycles. The van der Waals surface area contributed by atoms with Gasteiger partial charge in [0.25, 0.3) is 0 Å². The molecule has 1 aliphatic heterocycles. The molecule has 1 aliphatic rings. The Morgan fingerprint density at radius 2 is 2.00 bits per heavy atom. The molecule has 1 atom stereocenters. The third kappa shape index (κ3) is 4.95. The number of rotatable bonds is 8. The number of ether oxygens (including phenoxy) is 1. The standard InChI is InChI=1S/C17H22N4O4.ClH/c1-25-15(23)3-2-8-20-9-10-21(17(20)24)14(11-22)12-4-6-13(7-5-12)16(18)19;/h4-7,11,14H,2-3,8-10H2,1H3,(H3,18,19);1H. The molecule has 3 N–H and O–H groups in total. The number of benzene rings is 1. The molecule has 1 saturated heterocycles. The van der Waals surface area contributed by atoms with E-state index in [0.29, 0.717) is 37.2 Å². The number of nitrogens with zero attached hydrogens (tertiary/aromatic N) is 2. The van der Waals surface area contributed by atoms with Crippen molar-refractivity contribution in [3.05, 3.63) is 35.4 Å². The Morgan fingerprint density at radius 3 is 2.54 bits per heavy atom. The number of urea groups is 1. The lowest BCUT2D eigenvalue weighted by atomic mass is 10.0. The predicted molar refractivity (Wildman–Crippen MR) is 98.4 cm³/mol. The first-order valence-electron chi connectivity index (χ1n) is 8.00. The number of hydrogen-bond acceptors (Lipinski definition) is 5. The SMILES string of the molecule is COC(=O)CCCN1CCN(C(C=O)c2ccc(C(=N)N)cc2)C1=O.Cl. The monoisotopic (exact) mass is 382 g/mol. The van der Waals surface area contributed by atoms with Crippen molar-refractivity contribution in [2.75, 3.05) is 26.7 Å². The third-order valence-corrected chi connectivity index (χ3v) is 4.19. The molecule has 1 heterocycles. The summed E-state index contributed by atoms with van der Waals surface area (Å²) in [6.45, 7) is 1.39. The van der Waals surface area contributed by atoms with Gasteiger partial charge in [-0.1, -0.05) is 24.3 Å². The second kappa shape index (κ2) is 9.76. The quantitative estimate of drug-likeness (QED) is 0.304. The fraction of sp³-hybridized carbons (Fsp3) is 0.412. The maximum absolute atomic E-state index is 12.5. The number of esters is 1. The zero-order chi connectivity index (χ0) is 18.4.